The first-order valence-corrected chi connectivity index (χ1v) is 10.9. The number of nitrogens with zero attached hydrogens (tertiary/aromatic N) is 2. The van der Waals surface area contributed by atoms with Crippen molar-refractivity contribution in [1.82, 2.24) is 10.4 Å². The summed E-state index contributed by atoms with van der Waals surface area (Å²) >= 11 is 10.1. The maximum atomic E-state index is 12.6. The number of aromatic nitrogens is 1. The number of carbonyl (C=O) groups is 2. The van der Waals surface area contributed by atoms with Crippen LogP contribution < -0.4 is 10.2 Å². The molecule has 1 heterocycles. The highest BCUT2D eigenvalue weighted by molar-refractivity contribution is 9.11. The molecule has 0 fully saturated rings. The van der Waals surface area contributed by atoms with Crippen LogP contribution in [-0.4, -0.2) is 23.1 Å². The van der Waals surface area contributed by atoms with Crippen molar-refractivity contribution in [3.05, 3.63) is 90.5 Å². The van der Waals surface area contributed by atoms with Crippen LogP contribution >= 0.6 is 47.8 Å². The Hall–Kier alpha value is -2.36. The molecule has 2 aromatic carbocycles. The van der Waals surface area contributed by atoms with Crippen LogP contribution in [0.2, 0.25) is 0 Å². The van der Waals surface area contributed by atoms with Crippen LogP contribution in [-0.2, 0) is 0 Å². The first kappa shape index (κ1) is 22.3. The minimum Gasteiger partial charge on any atom is -0.421 e. The molecule has 0 aliphatic rings. The summed E-state index contributed by atoms with van der Waals surface area (Å²) in [6.07, 6.45) is 2.87. The van der Waals surface area contributed by atoms with Gasteiger partial charge in [0.15, 0.2) is 5.75 Å². The van der Waals surface area contributed by atoms with Gasteiger partial charge in [-0.15, -0.1) is 0 Å². The van der Waals surface area contributed by atoms with E-state index in [1.165, 1.54) is 12.4 Å². The van der Waals surface area contributed by atoms with Crippen LogP contribution in [0.25, 0.3) is 0 Å². The number of nitrogens with one attached hydrogen (secondary N) is 1. The first-order valence-electron chi connectivity index (χ1n) is 8.56. The third-order valence-electron chi connectivity index (χ3n) is 3.84. The fourth-order valence-corrected chi connectivity index (χ4v) is 4.12. The minimum absolute atomic E-state index is 0.276. The van der Waals surface area contributed by atoms with E-state index in [2.05, 4.69) is 63.3 Å². The predicted octanol–water partition coefficient (Wildman–Crippen LogP) is 5.66. The Bertz CT molecular complexity index is 1130. The molecule has 0 saturated carbocycles. The molecule has 0 aliphatic carbocycles. The summed E-state index contributed by atoms with van der Waals surface area (Å²) < 4.78 is 7.65. The van der Waals surface area contributed by atoms with E-state index in [0.717, 1.165) is 14.6 Å². The summed E-state index contributed by atoms with van der Waals surface area (Å²) in [4.78, 5) is 28.8. The molecular formula is C21H14Br3N3O3. The molecule has 9 heteroatoms. The van der Waals surface area contributed by atoms with Crippen molar-refractivity contribution >= 4 is 65.9 Å². The number of aryl methyl sites for hydroxylation is 1. The van der Waals surface area contributed by atoms with Crippen LogP contribution in [0.5, 0.6) is 5.75 Å². The lowest BCUT2D eigenvalue weighted by Crippen LogP contribution is -2.18. The van der Waals surface area contributed by atoms with Gasteiger partial charge < -0.3 is 4.74 Å². The number of halogens is 3. The molecule has 3 aromatic rings. The number of amides is 1. The molecule has 0 aliphatic heterocycles. The molecule has 30 heavy (non-hydrogen) atoms. The smallest absolute Gasteiger partial charge is 0.343 e. The van der Waals surface area contributed by atoms with E-state index < -0.39 is 11.9 Å². The van der Waals surface area contributed by atoms with Crippen molar-refractivity contribution in [2.75, 3.05) is 0 Å². The van der Waals surface area contributed by atoms with Crippen LogP contribution in [0, 0.1) is 6.92 Å². The van der Waals surface area contributed by atoms with E-state index in [1.54, 1.807) is 42.5 Å². The average Bonchev–Trinajstić information content (AvgIpc) is 2.70. The number of benzene rings is 2. The number of esters is 1. The second-order valence-corrected chi connectivity index (χ2v) is 8.78. The summed E-state index contributed by atoms with van der Waals surface area (Å²) in [6.45, 7) is 1.84. The largest absolute Gasteiger partial charge is 0.421 e. The van der Waals surface area contributed by atoms with Gasteiger partial charge >= 0.3 is 5.97 Å². The molecule has 6 nitrogen and oxygen atoms in total. The third-order valence-corrected chi connectivity index (χ3v) is 5.38. The molecule has 152 valence electrons. The standard InChI is InChI=1S/C21H14Br3N3O3/c1-12-5-6-14(10-25-12)20(28)27-26-11-15-8-17(23)9-18(24)19(15)30-21(29)13-3-2-4-16(22)7-13/h2-11H,1H3,(H,27,28). The molecule has 0 radical (unpaired) electrons. The van der Waals surface area contributed by atoms with Gasteiger partial charge in [-0.3, -0.25) is 9.78 Å². The van der Waals surface area contributed by atoms with Crippen LogP contribution in [0.15, 0.2) is 73.2 Å². The molecule has 0 atom stereocenters. The maximum Gasteiger partial charge on any atom is 0.343 e. The monoisotopic (exact) mass is 593 g/mol. The maximum absolute atomic E-state index is 12.6. The Morgan fingerprint density at radius 3 is 2.53 bits per heavy atom. The summed E-state index contributed by atoms with van der Waals surface area (Å²) in [5, 5.41) is 3.98. The topological polar surface area (TPSA) is 80.6 Å². The highest BCUT2D eigenvalue weighted by Gasteiger charge is 2.16. The molecule has 1 amide bonds. The lowest BCUT2D eigenvalue weighted by atomic mass is 10.2. The normalized spacial score (nSPS) is 10.8. The van der Waals surface area contributed by atoms with Gasteiger partial charge in [-0.25, -0.2) is 10.2 Å². The Balaban J connectivity index is 1.80. The highest BCUT2D eigenvalue weighted by atomic mass is 79.9. The molecular weight excluding hydrogens is 582 g/mol. The fourth-order valence-electron chi connectivity index (χ4n) is 2.38. The number of rotatable bonds is 5. The zero-order valence-corrected chi connectivity index (χ0v) is 20.3. The second kappa shape index (κ2) is 10.1. The summed E-state index contributed by atoms with van der Waals surface area (Å²) in [5.41, 5.74) is 4.51. The lowest BCUT2D eigenvalue weighted by Gasteiger charge is -2.11. The number of hydrogen-bond acceptors (Lipinski definition) is 5. The van der Waals surface area contributed by atoms with E-state index >= 15 is 0 Å². The van der Waals surface area contributed by atoms with Gasteiger partial charge in [0, 0.05) is 26.4 Å². The second-order valence-electron chi connectivity index (χ2n) is 6.09. The summed E-state index contributed by atoms with van der Waals surface area (Å²) in [5.74, 6) is -0.651. The third kappa shape index (κ3) is 5.84. The first-order chi connectivity index (χ1) is 14.3. The number of pyridine rings is 1. The molecule has 3 rings (SSSR count). The zero-order chi connectivity index (χ0) is 21.7. The van der Waals surface area contributed by atoms with Gasteiger partial charge in [-0.1, -0.05) is 37.9 Å². The van der Waals surface area contributed by atoms with Crippen molar-refractivity contribution in [2.24, 2.45) is 5.10 Å². The van der Waals surface area contributed by atoms with Gasteiger partial charge in [0.05, 0.1) is 21.8 Å². The quantitative estimate of drug-likeness (QED) is 0.179. The number of hydrazone groups is 1. The van der Waals surface area contributed by atoms with Crippen LogP contribution in [0.1, 0.15) is 32.0 Å². The number of carbonyl (C=O) groups excluding carboxylic acids is 2. The number of hydrogen-bond donors (Lipinski definition) is 1. The van der Waals surface area contributed by atoms with E-state index in [-0.39, 0.29) is 5.75 Å². The van der Waals surface area contributed by atoms with Crippen molar-refractivity contribution < 1.29 is 14.3 Å². The highest BCUT2D eigenvalue weighted by Crippen LogP contribution is 2.32. The molecule has 0 bridgehead atoms. The van der Waals surface area contributed by atoms with Crippen molar-refractivity contribution in [2.45, 2.75) is 6.92 Å². The van der Waals surface area contributed by atoms with E-state index in [0.29, 0.717) is 21.2 Å². The number of ether oxygens (including phenoxy) is 1. The Kier molecular flexibility index (Phi) is 7.52. The van der Waals surface area contributed by atoms with Gasteiger partial charge in [-0.05, 0) is 65.3 Å². The van der Waals surface area contributed by atoms with Crippen molar-refractivity contribution in [1.29, 1.82) is 0 Å². The van der Waals surface area contributed by atoms with Gasteiger partial charge in [-0.2, -0.15) is 5.10 Å². The van der Waals surface area contributed by atoms with E-state index in [1.807, 2.05) is 13.0 Å². The Morgan fingerprint density at radius 1 is 1.03 bits per heavy atom. The van der Waals surface area contributed by atoms with Crippen LogP contribution in [0.3, 0.4) is 0 Å². The zero-order valence-electron chi connectivity index (χ0n) is 15.5. The lowest BCUT2D eigenvalue weighted by molar-refractivity contribution is 0.0732. The van der Waals surface area contributed by atoms with E-state index in [9.17, 15) is 9.59 Å². The van der Waals surface area contributed by atoms with Crippen LogP contribution in [0.4, 0.5) is 0 Å². The Labute approximate surface area is 198 Å². The van der Waals surface area contributed by atoms with Crippen molar-refractivity contribution in [3.8, 4) is 5.75 Å². The van der Waals surface area contributed by atoms with Crippen molar-refractivity contribution in [3.63, 3.8) is 0 Å². The molecule has 0 spiro atoms. The van der Waals surface area contributed by atoms with Gasteiger partial charge in [0.1, 0.15) is 0 Å². The Morgan fingerprint density at radius 2 is 1.83 bits per heavy atom. The average molecular weight is 596 g/mol. The fraction of sp³-hybridized carbons (Fsp3) is 0.0476. The van der Waals surface area contributed by atoms with Gasteiger partial charge in [0.25, 0.3) is 5.91 Å². The minimum atomic E-state index is -0.524. The molecule has 1 N–H and O–H groups in total. The SMILES string of the molecule is Cc1ccc(C(=O)NN=Cc2cc(Br)cc(Br)c2OC(=O)c2cccc(Br)c2)cn1. The summed E-state index contributed by atoms with van der Waals surface area (Å²) in [6, 6.07) is 13.8. The predicted molar refractivity (Wildman–Crippen MR) is 125 cm³/mol. The molecule has 0 unspecified atom stereocenters. The summed E-state index contributed by atoms with van der Waals surface area (Å²) in [7, 11) is 0. The van der Waals surface area contributed by atoms with Gasteiger partial charge in [0.2, 0.25) is 0 Å². The molecule has 0 saturated heterocycles. The van der Waals surface area contributed by atoms with E-state index in [4.69, 9.17) is 4.74 Å². The molecule has 1 aromatic heterocycles.